The third-order valence-electron chi connectivity index (χ3n) is 3.74. The molecule has 0 bridgehead atoms. The van der Waals surface area contributed by atoms with Gasteiger partial charge in [-0.05, 0) is 18.4 Å². The minimum Gasteiger partial charge on any atom is -0.480 e. The lowest BCUT2D eigenvalue weighted by Crippen LogP contribution is -2.38. The summed E-state index contributed by atoms with van der Waals surface area (Å²) in [6.07, 6.45) is 2.72. The Balaban J connectivity index is 1.61. The van der Waals surface area contributed by atoms with E-state index in [1.165, 1.54) is 21.8 Å². The first-order chi connectivity index (χ1) is 11.1. The summed E-state index contributed by atoms with van der Waals surface area (Å²) in [6.45, 7) is -0.218. The van der Waals surface area contributed by atoms with Crippen LogP contribution >= 0.6 is 11.3 Å². The SMILES string of the molecule is O=C(O)CN(C(=O)Cc1csc(Cc2ccccc2)n1)C1CC1. The first-order valence-corrected chi connectivity index (χ1v) is 8.48. The fraction of sp³-hybridized carbons (Fsp3) is 0.353. The second-order valence-corrected chi connectivity index (χ2v) is 6.66. The van der Waals surface area contributed by atoms with E-state index < -0.39 is 5.97 Å². The third-order valence-corrected chi connectivity index (χ3v) is 4.64. The van der Waals surface area contributed by atoms with Gasteiger partial charge in [0.1, 0.15) is 6.54 Å². The molecule has 0 atom stereocenters. The Labute approximate surface area is 138 Å². The van der Waals surface area contributed by atoms with Crippen molar-refractivity contribution in [3.63, 3.8) is 0 Å². The van der Waals surface area contributed by atoms with Crippen molar-refractivity contribution >= 4 is 23.2 Å². The van der Waals surface area contributed by atoms with Gasteiger partial charge in [-0.3, -0.25) is 9.59 Å². The summed E-state index contributed by atoms with van der Waals surface area (Å²) in [7, 11) is 0. The molecule has 0 saturated heterocycles. The molecular formula is C17H18N2O3S. The lowest BCUT2D eigenvalue weighted by atomic mass is 10.2. The van der Waals surface area contributed by atoms with Gasteiger partial charge in [-0.15, -0.1) is 11.3 Å². The van der Waals surface area contributed by atoms with Crippen LogP contribution in [0, 0.1) is 0 Å². The molecule has 0 spiro atoms. The normalized spacial score (nSPS) is 13.7. The Morgan fingerprint density at radius 3 is 2.65 bits per heavy atom. The topological polar surface area (TPSA) is 70.5 Å². The predicted octanol–water partition coefficient (Wildman–Crippen LogP) is 2.35. The van der Waals surface area contributed by atoms with Crippen molar-refractivity contribution in [3.05, 3.63) is 52.0 Å². The largest absolute Gasteiger partial charge is 0.480 e. The van der Waals surface area contributed by atoms with E-state index in [4.69, 9.17) is 5.11 Å². The summed E-state index contributed by atoms with van der Waals surface area (Å²) in [6, 6.07) is 10.2. The van der Waals surface area contributed by atoms with E-state index >= 15 is 0 Å². The number of benzene rings is 1. The monoisotopic (exact) mass is 330 g/mol. The maximum Gasteiger partial charge on any atom is 0.323 e. The fourth-order valence-corrected chi connectivity index (χ4v) is 3.32. The number of rotatable bonds is 7. The van der Waals surface area contributed by atoms with E-state index in [1.807, 2.05) is 35.7 Å². The number of hydrogen-bond acceptors (Lipinski definition) is 4. The van der Waals surface area contributed by atoms with Gasteiger partial charge >= 0.3 is 5.97 Å². The molecule has 1 saturated carbocycles. The summed E-state index contributed by atoms with van der Waals surface area (Å²) >= 11 is 1.54. The Hall–Kier alpha value is -2.21. The van der Waals surface area contributed by atoms with Crippen molar-refractivity contribution in [1.82, 2.24) is 9.88 Å². The second kappa shape index (κ2) is 6.91. The molecule has 1 N–H and O–H groups in total. The van der Waals surface area contributed by atoms with Gasteiger partial charge in [-0.2, -0.15) is 0 Å². The van der Waals surface area contributed by atoms with Crippen molar-refractivity contribution in [1.29, 1.82) is 0 Å². The van der Waals surface area contributed by atoms with Crippen molar-refractivity contribution in [2.45, 2.75) is 31.7 Å². The number of thiazole rings is 1. The van der Waals surface area contributed by atoms with Crippen LogP contribution in [0.15, 0.2) is 35.7 Å². The maximum atomic E-state index is 12.3. The van der Waals surface area contributed by atoms with Gasteiger partial charge in [-0.1, -0.05) is 30.3 Å². The summed E-state index contributed by atoms with van der Waals surface area (Å²) in [4.78, 5) is 29.2. The Kier molecular flexibility index (Phi) is 4.71. The van der Waals surface area contributed by atoms with Crippen LogP contribution in [-0.2, 0) is 22.4 Å². The van der Waals surface area contributed by atoms with Gasteiger partial charge in [0.15, 0.2) is 0 Å². The van der Waals surface area contributed by atoms with E-state index in [9.17, 15) is 9.59 Å². The molecule has 1 aliphatic rings. The average Bonchev–Trinajstić information content (AvgIpc) is 3.27. The summed E-state index contributed by atoms with van der Waals surface area (Å²) < 4.78 is 0. The molecule has 2 aromatic rings. The molecule has 3 rings (SSSR count). The number of amides is 1. The Morgan fingerprint density at radius 1 is 1.26 bits per heavy atom. The number of carboxylic acid groups (broad SMARTS) is 1. The van der Waals surface area contributed by atoms with Crippen LogP contribution in [0.3, 0.4) is 0 Å². The number of aliphatic carboxylic acids is 1. The molecule has 1 aliphatic carbocycles. The standard InChI is InChI=1S/C17H18N2O3S/c20-16(19(10-17(21)22)14-6-7-14)9-13-11-23-15(18-13)8-12-4-2-1-3-5-12/h1-5,11,14H,6-10H2,(H,21,22). The van der Waals surface area contributed by atoms with E-state index in [0.717, 1.165) is 30.0 Å². The lowest BCUT2D eigenvalue weighted by molar-refractivity contribution is -0.144. The van der Waals surface area contributed by atoms with E-state index in [-0.39, 0.29) is 24.9 Å². The zero-order valence-corrected chi connectivity index (χ0v) is 13.5. The van der Waals surface area contributed by atoms with Gasteiger partial charge in [0.05, 0.1) is 17.1 Å². The van der Waals surface area contributed by atoms with Gasteiger partial charge in [-0.25, -0.2) is 4.98 Å². The molecule has 6 heteroatoms. The van der Waals surface area contributed by atoms with Crippen LogP contribution in [0.5, 0.6) is 0 Å². The third kappa shape index (κ3) is 4.39. The quantitative estimate of drug-likeness (QED) is 0.846. The van der Waals surface area contributed by atoms with Gasteiger partial charge in [0.2, 0.25) is 5.91 Å². The number of hydrogen-bond donors (Lipinski definition) is 1. The number of carboxylic acids is 1. The summed E-state index contributed by atoms with van der Waals surface area (Å²) in [5, 5.41) is 11.8. The lowest BCUT2D eigenvalue weighted by Gasteiger charge is -2.19. The maximum absolute atomic E-state index is 12.3. The van der Waals surface area contributed by atoms with Crippen molar-refractivity contribution in [2.24, 2.45) is 0 Å². The molecule has 1 fully saturated rings. The molecule has 0 unspecified atom stereocenters. The highest BCUT2D eigenvalue weighted by molar-refractivity contribution is 7.09. The highest BCUT2D eigenvalue weighted by atomic mass is 32.1. The molecule has 1 heterocycles. The van der Waals surface area contributed by atoms with Crippen LogP contribution < -0.4 is 0 Å². The van der Waals surface area contributed by atoms with E-state index in [2.05, 4.69) is 4.98 Å². The zero-order chi connectivity index (χ0) is 16.2. The van der Waals surface area contributed by atoms with Crippen molar-refractivity contribution in [2.75, 3.05) is 6.54 Å². The van der Waals surface area contributed by atoms with Crippen LogP contribution in [0.1, 0.15) is 29.1 Å². The van der Waals surface area contributed by atoms with E-state index in [0.29, 0.717) is 0 Å². The van der Waals surface area contributed by atoms with Gasteiger partial charge in [0, 0.05) is 17.8 Å². The van der Waals surface area contributed by atoms with Gasteiger partial charge in [0.25, 0.3) is 0 Å². The van der Waals surface area contributed by atoms with Crippen LogP contribution in [0.2, 0.25) is 0 Å². The molecule has 120 valence electrons. The smallest absolute Gasteiger partial charge is 0.323 e. The number of carbonyl (C=O) groups is 2. The van der Waals surface area contributed by atoms with E-state index in [1.54, 1.807) is 0 Å². The first-order valence-electron chi connectivity index (χ1n) is 7.60. The summed E-state index contributed by atoms with van der Waals surface area (Å²) in [5.74, 6) is -1.11. The highest BCUT2D eigenvalue weighted by Crippen LogP contribution is 2.27. The minimum absolute atomic E-state index is 0.0982. The molecule has 5 nitrogen and oxygen atoms in total. The first kappa shape index (κ1) is 15.7. The molecule has 1 aromatic carbocycles. The minimum atomic E-state index is -0.965. The van der Waals surface area contributed by atoms with Crippen molar-refractivity contribution < 1.29 is 14.7 Å². The number of aromatic nitrogens is 1. The van der Waals surface area contributed by atoms with Crippen LogP contribution in [-0.4, -0.2) is 39.5 Å². The number of nitrogens with zero attached hydrogens (tertiary/aromatic N) is 2. The Bertz CT molecular complexity index is 695. The molecule has 23 heavy (non-hydrogen) atoms. The fourth-order valence-electron chi connectivity index (χ4n) is 2.49. The average molecular weight is 330 g/mol. The van der Waals surface area contributed by atoms with Crippen LogP contribution in [0.25, 0.3) is 0 Å². The van der Waals surface area contributed by atoms with Crippen molar-refractivity contribution in [3.8, 4) is 0 Å². The molecule has 0 aliphatic heterocycles. The molecular weight excluding hydrogens is 312 g/mol. The Morgan fingerprint density at radius 2 is 2.00 bits per heavy atom. The summed E-state index contributed by atoms with van der Waals surface area (Å²) in [5.41, 5.74) is 1.91. The predicted molar refractivity (Wildman–Crippen MR) is 87.4 cm³/mol. The highest BCUT2D eigenvalue weighted by Gasteiger charge is 2.33. The van der Waals surface area contributed by atoms with Crippen LogP contribution in [0.4, 0.5) is 0 Å². The second-order valence-electron chi connectivity index (χ2n) is 5.72. The zero-order valence-electron chi connectivity index (χ0n) is 12.6. The van der Waals surface area contributed by atoms with Gasteiger partial charge < -0.3 is 10.0 Å². The molecule has 0 radical (unpaired) electrons. The molecule has 1 aromatic heterocycles. The molecule has 1 amide bonds. The number of carbonyl (C=O) groups excluding carboxylic acids is 1.